The van der Waals surface area contributed by atoms with E-state index in [2.05, 4.69) is 10.1 Å². The molecule has 0 spiro atoms. The lowest BCUT2D eigenvalue weighted by Gasteiger charge is -2.25. The van der Waals surface area contributed by atoms with Gasteiger partial charge in [-0.05, 0) is 42.2 Å². The molecule has 1 saturated heterocycles. The highest BCUT2D eigenvalue weighted by molar-refractivity contribution is 7.08. The number of thiophene rings is 1. The van der Waals surface area contributed by atoms with E-state index < -0.39 is 0 Å². The molecule has 1 aliphatic heterocycles. The molecule has 1 amide bonds. The van der Waals surface area contributed by atoms with E-state index in [0.29, 0.717) is 11.7 Å². The van der Waals surface area contributed by atoms with Crippen LogP contribution in [-0.4, -0.2) is 27.5 Å². The molecule has 0 saturated carbocycles. The number of carbonyl (C=O) groups excluding carboxylic acids is 1. The van der Waals surface area contributed by atoms with Gasteiger partial charge in [-0.3, -0.25) is 4.79 Å². The van der Waals surface area contributed by atoms with Crippen LogP contribution in [0.25, 0.3) is 0 Å². The van der Waals surface area contributed by atoms with Crippen molar-refractivity contribution < 1.29 is 9.32 Å². The van der Waals surface area contributed by atoms with Gasteiger partial charge in [0.1, 0.15) is 0 Å². The summed E-state index contributed by atoms with van der Waals surface area (Å²) in [5, 5.41) is 8.01. The molecule has 0 radical (unpaired) electrons. The second kappa shape index (κ2) is 5.36. The average molecular weight is 291 g/mol. The van der Waals surface area contributed by atoms with Gasteiger partial charge < -0.3 is 9.42 Å². The highest BCUT2D eigenvalue weighted by Gasteiger charge is 2.35. The van der Waals surface area contributed by atoms with Gasteiger partial charge in [0.2, 0.25) is 11.8 Å². The smallest absolute Gasteiger partial charge is 0.230 e. The SMILES string of the molecule is Cc1nc([C@@H]2CCCN2C(=O)[C@H](C)c2ccsc2)no1. The molecule has 1 fully saturated rings. The summed E-state index contributed by atoms with van der Waals surface area (Å²) in [7, 11) is 0. The van der Waals surface area contributed by atoms with Gasteiger partial charge in [-0.25, -0.2) is 0 Å². The van der Waals surface area contributed by atoms with E-state index in [9.17, 15) is 4.79 Å². The molecule has 5 nitrogen and oxygen atoms in total. The topological polar surface area (TPSA) is 59.2 Å². The third-order valence-corrected chi connectivity index (χ3v) is 4.49. The Morgan fingerprint density at radius 2 is 2.45 bits per heavy atom. The Kier molecular flexibility index (Phi) is 3.56. The molecule has 1 aliphatic rings. The average Bonchev–Trinajstić information content (AvgIpc) is 3.17. The summed E-state index contributed by atoms with van der Waals surface area (Å²) in [6, 6.07) is 1.97. The zero-order valence-corrected chi connectivity index (χ0v) is 12.4. The summed E-state index contributed by atoms with van der Waals surface area (Å²) in [6.07, 6.45) is 1.89. The zero-order chi connectivity index (χ0) is 14.1. The predicted molar refractivity (Wildman–Crippen MR) is 75.5 cm³/mol. The first-order chi connectivity index (χ1) is 9.66. The van der Waals surface area contributed by atoms with Gasteiger partial charge in [0.15, 0.2) is 5.82 Å². The molecule has 0 unspecified atom stereocenters. The van der Waals surface area contributed by atoms with Crippen molar-refractivity contribution in [3.63, 3.8) is 0 Å². The summed E-state index contributed by atoms with van der Waals surface area (Å²) in [5.41, 5.74) is 1.08. The van der Waals surface area contributed by atoms with Crippen LogP contribution in [-0.2, 0) is 4.79 Å². The van der Waals surface area contributed by atoms with Crippen LogP contribution in [0.5, 0.6) is 0 Å². The molecule has 2 aromatic heterocycles. The lowest BCUT2D eigenvalue weighted by Crippen LogP contribution is -2.34. The van der Waals surface area contributed by atoms with Crippen LogP contribution in [0, 0.1) is 6.92 Å². The van der Waals surface area contributed by atoms with Crippen LogP contribution < -0.4 is 0 Å². The number of aromatic nitrogens is 2. The molecular weight excluding hydrogens is 274 g/mol. The number of aryl methyl sites for hydroxylation is 1. The molecule has 2 aromatic rings. The molecule has 3 heterocycles. The maximum absolute atomic E-state index is 12.7. The number of rotatable bonds is 3. The second-order valence-corrected chi connectivity index (χ2v) is 5.92. The highest BCUT2D eigenvalue weighted by atomic mass is 32.1. The fourth-order valence-electron chi connectivity index (χ4n) is 2.66. The van der Waals surface area contributed by atoms with Crippen molar-refractivity contribution in [3.05, 3.63) is 34.1 Å². The van der Waals surface area contributed by atoms with Crippen LogP contribution in [0.3, 0.4) is 0 Å². The summed E-state index contributed by atoms with van der Waals surface area (Å²) in [4.78, 5) is 18.9. The van der Waals surface area contributed by atoms with Gasteiger partial charge in [0.05, 0.1) is 12.0 Å². The van der Waals surface area contributed by atoms with Gasteiger partial charge in [-0.1, -0.05) is 5.16 Å². The lowest BCUT2D eigenvalue weighted by molar-refractivity contribution is -0.133. The Morgan fingerprint density at radius 1 is 1.60 bits per heavy atom. The van der Waals surface area contributed by atoms with Crippen molar-refractivity contribution in [1.82, 2.24) is 15.0 Å². The fourth-order valence-corrected chi connectivity index (χ4v) is 3.42. The minimum absolute atomic E-state index is 0.0407. The third-order valence-electron chi connectivity index (χ3n) is 3.79. The summed E-state index contributed by atoms with van der Waals surface area (Å²) in [5.74, 6) is 1.21. The molecule has 0 bridgehead atoms. The van der Waals surface area contributed by atoms with E-state index >= 15 is 0 Å². The van der Waals surface area contributed by atoms with E-state index in [4.69, 9.17) is 4.52 Å². The van der Waals surface area contributed by atoms with Crippen LogP contribution in [0.4, 0.5) is 0 Å². The number of hydrogen-bond donors (Lipinski definition) is 0. The third kappa shape index (κ3) is 2.35. The Bertz CT molecular complexity index is 593. The standard InChI is InChI=1S/C14H17N3O2S/c1-9(11-5-7-20-8-11)14(18)17-6-3-4-12(17)13-15-10(2)19-16-13/h5,7-9,12H,3-4,6H2,1-2H3/t9-,12+/m1/s1. The van der Waals surface area contributed by atoms with Crippen LogP contribution in [0.1, 0.15) is 49.0 Å². The van der Waals surface area contributed by atoms with E-state index in [1.165, 1.54) is 0 Å². The fraction of sp³-hybridized carbons (Fsp3) is 0.500. The summed E-state index contributed by atoms with van der Waals surface area (Å²) < 4.78 is 5.04. The van der Waals surface area contributed by atoms with Crippen LogP contribution >= 0.6 is 11.3 Å². The summed E-state index contributed by atoms with van der Waals surface area (Å²) >= 11 is 1.62. The monoisotopic (exact) mass is 291 g/mol. The molecule has 0 aromatic carbocycles. The van der Waals surface area contributed by atoms with Crippen molar-refractivity contribution in [2.75, 3.05) is 6.54 Å². The molecule has 3 rings (SSSR count). The van der Waals surface area contributed by atoms with E-state index in [1.54, 1.807) is 18.3 Å². The normalized spacial score (nSPS) is 20.3. The maximum Gasteiger partial charge on any atom is 0.230 e. The van der Waals surface area contributed by atoms with Gasteiger partial charge >= 0.3 is 0 Å². The Morgan fingerprint density at radius 3 is 3.10 bits per heavy atom. The Balaban J connectivity index is 1.80. The van der Waals surface area contributed by atoms with Gasteiger partial charge in [0.25, 0.3) is 0 Å². The molecule has 20 heavy (non-hydrogen) atoms. The number of nitrogens with zero attached hydrogens (tertiary/aromatic N) is 3. The highest BCUT2D eigenvalue weighted by Crippen LogP contribution is 2.33. The van der Waals surface area contributed by atoms with Gasteiger partial charge in [0, 0.05) is 13.5 Å². The number of hydrogen-bond acceptors (Lipinski definition) is 5. The number of likely N-dealkylation sites (tertiary alicyclic amines) is 1. The van der Waals surface area contributed by atoms with Crippen molar-refractivity contribution in [3.8, 4) is 0 Å². The molecule has 6 heteroatoms. The van der Waals surface area contributed by atoms with Crippen molar-refractivity contribution in [2.24, 2.45) is 0 Å². The first-order valence-corrected chi connectivity index (χ1v) is 7.74. The van der Waals surface area contributed by atoms with Crippen molar-refractivity contribution in [1.29, 1.82) is 0 Å². The van der Waals surface area contributed by atoms with Crippen molar-refractivity contribution in [2.45, 2.75) is 38.6 Å². The lowest BCUT2D eigenvalue weighted by atomic mass is 10.0. The minimum Gasteiger partial charge on any atom is -0.340 e. The number of amides is 1. The molecular formula is C14H17N3O2S. The number of carbonyl (C=O) groups is 1. The van der Waals surface area contributed by atoms with Crippen molar-refractivity contribution >= 4 is 17.2 Å². The first-order valence-electron chi connectivity index (χ1n) is 6.79. The second-order valence-electron chi connectivity index (χ2n) is 5.14. The van der Waals surface area contributed by atoms with E-state index in [0.717, 1.165) is 24.9 Å². The molecule has 0 aliphatic carbocycles. The predicted octanol–water partition coefficient (Wildman–Crippen LogP) is 2.91. The Labute approximate surface area is 121 Å². The van der Waals surface area contributed by atoms with Gasteiger partial charge in [-0.15, -0.1) is 0 Å². The Hall–Kier alpha value is -1.69. The van der Waals surface area contributed by atoms with Crippen LogP contribution in [0.2, 0.25) is 0 Å². The molecule has 2 atom stereocenters. The maximum atomic E-state index is 12.7. The van der Waals surface area contributed by atoms with Gasteiger partial charge in [-0.2, -0.15) is 16.3 Å². The minimum atomic E-state index is -0.116. The van der Waals surface area contributed by atoms with E-state index in [-0.39, 0.29) is 17.9 Å². The first kappa shape index (κ1) is 13.3. The van der Waals surface area contributed by atoms with E-state index in [1.807, 2.05) is 28.7 Å². The van der Waals surface area contributed by atoms with Crippen LogP contribution in [0.15, 0.2) is 21.3 Å². The molecule has 106 valence electrons. The zero-order valence-electron chi connectivity index (χ0n) is 11.6. The molecule has 0 N–H and O–H groups in total. The summed E-state index contributed by atoms with van der Waals surface area (Å²) in [6.45, 7) is 4.50. The quantitative estimate of drug-likeness (QED) is 0.872. The largest absolute Gasteiger partial charge is 0.340 e.